The van der Waals surface area contributed by atoms with Gasteiger partial charge in [0.1, 0.15) is 11.6 Å². The molecule has 0 amide bonds. The first-order valence-corrected chi connectivity index (χ1v) is 10.2. The van der Waals surface area contributed by atoms with Gasteiger partial charge in [0.05, 0.1) is 5.56 Å². The molecule has 0 N–H and O–H groups in total. The molecular weight excluding hydrogens is 384 g/mol. The number of imidazole rings is 1. The first-order chi connectivity index (χ1) is 15.1. The lowest BCUT2D eigenvalue weighted by Gasteiger charge is -2.11. The van der Waals surface area contributed by atoms with Crippen molar-refractivity contribution in [3.05, 3.63) is 125 Å². The monoisotopic (exact) mass is 408 g/mol. The number of rotatable bonds is 6. The fourth-order valence-corrected chi connectivity index (χ4v) is 3.23. The van der Waals surface area contributed by atoms with Crippen LogP contribution in [0.4, 0.5) is 0 Å². The zero-order valence-corrected chi connectivity index (χ0v) is 17.7. The molecule has 0 unspecified atom stereocenters. The van der Waals surface area contributed by atoms with Gasteiger partial charge in [-0.3, -0.25) is 0 Å². The van der Waals surface area contributed by atoms with Crippen LogP contribution in [0.15, 0.2) is 91.3 Å². The van der Waals surface area contributed by atoms with Crippen LogP contribution < -0.4 is 0 Å². The van der Waals surface area contributed by atoms with Crippen LogP contribution in [0.5, 0.6) is 0 Å². The van der Waals surface area contributed by atoms with Gasteiger partial charge in [-0.25, -0.2) is 9.78 Å². The average Bonchev–Trinajstić information content (AvgIpc) is 3.21. The second-order valence-corrected chi connectivity index (χ2v) is 7.53. The van der Waals surface area contributed by atoms with Crippen molar-refractivity contribution in [2.75, 3.05) is 0 Å². The van der Waals surface area contributed by atoms with E-state index in [9.17, 15) is 4.79 Å². The molecule has 0 radical (unpaired) electrons. The largest absolute Gasteiger partial charge is 0.422 e. The molecule has 1 heterocycles. The average molecular weight is 409 g/mol. The van der Waals surface area contributed by atoms with E-state index in [0.29, 0.717) is 17.9 Å². The fraction of sp³-hybridized carbons (Fsp3) is 0.111. The van der Waals surface area contributed by atoms with Gasteiger partial charge in [-0.2, -0.15) is 0 Å². The summed E-state index contributed by atoms with van der Waals surface area (Å²) in [6, 6.07) is 25.4. The molecule has 0 bridgehead atoms. The Morgan fingerprint density at radius 2 is 1.48 bits per heavy atom. The van der Waals surface area contributed by atoms with Crippen LogP contribution in [-0.4, -0.2) is 15.5 Å². The highest BCUT2D eigenvalue weighted by Gasteiger charge is 2.14. The molecule has 0 aliphatic heterocycles. The Morgan fingerprint density at radius 3 is 2.13 bits per heavy atom. The molecule has 154 valence electrons. The summed E-state index contributed by atoms with van der Waals surface area (Å²) in [5, 5.41) is 0. The van der Waals surface area contributed by atoms with Crippen LogP contribution in [0.25, 0.3) is 11.8 Å². The van der Waals surface area contributed by atoms with E-state index in [1.165, 1.54) is 5.56 Å². The summed E-state index contributed by atoms with van der Waals surface area (Å²) in [7, 11) is 0. The summed E-state index contributed by atoms with van der Waals surface area (Å²) in [4.78, 5) is 17.3. The molecule has 4 nitrogen and oxygen atoms in total. The van der Waals surface area contributed by atoms with Gasteiger partial charge >= 0.3 is 5.97 Å². The highest BCUT2D eigenvalue weighted by Crippen LogP contribution is 2.22. The Hall–Kier alpha value is -3.92. The maximum atomic E-state index is 12.8. The van der Waals surface area contributed by atoms with E-state index in [-0.39, 0.29) is 0 Å². The van der Waals surface area contributed by atoms with Gasteiger partial charge in [0.2, 0.25) is 0 Å². The van der Waals surface area contributed by atoms with Crippen LogP contribution in [-0.2, 0) is 11.3 Å². The fourth-order valence-electron chi connectivity index (χ4n) is 3.23. The molecule has 0 saturated carbocycles. The number of ether oxygens (including phenoxy) is 1. The Bertz CT molecular complexity index is 1190. The summed E-state index contributed by atoms with van der Waals surface area (Å²) >= 11 is 0. The van der Waals surface area contributed by atoms with E-state index in [1.807, 2.05) is 85.3 Å². The number of hydrogen-bond acceptors (Lipinski definition) is 3. The molecule has 4 heteroatoms. The minimum atomic E-state index is -0.395. The van der Waals surface area contributed by atoms with Gasteiger partial charge in [0.15, 0.2) is 0 Å². The molecule has 0 atom stereocenters. The van der Waals surface area contributed by atoms with E-state index in [2.05, 4.69) is 17.1 Å². The zero-order valence-electron chi connectivity index (χ0n) is 17.7. The zero-order chi connectivity index (χ0) is 21.6. The van der Waals surface area contributed by atoms with Crippen LogP contribution in [0.1, 0.15) is 38.4 Å². The lowest BCUT2D eigenvalue weighted by atomic mass is 10.1. The number of carbonyl (C=O) groups is 1. The van der Waals surface area contributed by atoms with Crippen LogP contribution >= 0.6 is 0 Å². The number of benzene rings is 3. The minimum Gasteiger partial charge on any atom is -0.422 e. The van der Waals surface area contributed by atoms with E-state index in [4.69, 9.17) is 4.74 Å². The predicted molar refractivity (Wildman–Crippen MR) is 123 cm³/mol. The molecule has 3 aromatic carbocycles. The molecule has 0 saturated heterocycles. The number of esters is 1. The number of aryl methyl sites for hydroxylation is 2. The maximum absolute atomic E-state index is 12.8. The molecule has 4 rings (SSSR count). The maximum Gasteiger partial charge on any atom is 0.343 e. The first kappa shape index (κ1) is 20.4. The Labute approximate surface area is 182 Å². The van der Waals surface area contributed by atoms with Gasteiger partial charge in [-0.1, -0.05) is 77.9 Å². The Balaban J connectivity index is 1.67. The highest BCUT2D eigenvalue weighted by atomic mass is 16.5. The van der Waals surface area contributed by atoms with Gasteiger partial charge in [-0.05, 0) is 31.5 Å². The van der Waals surface area contributed by atoms with E-state index < -0.39 is 5.97 Å². The summed E-state index contributed by atoms with van der Waals surface area (Å²) in [5.74, 6) is 0.787. The Morgan fingerprint density at radius 1 is 0.871 bits per heavy atom. The third-order valence-corrected chi connectivity index (χ3v) is 5.03. The Kier molecular flexibility index (Phi) is 6.08. The lowest BCUT2D eigenvalue weighted by Crippen LogP contribution is -2.06. The summed E-state index contributed by atoms with van der Waals surface area (Å²) in [6.45, 7) is 4.69. The van der Waals surface area contributed by atoms with Crippen molar-refractivity contribution in [1.29, 1.82) is 0 Å². The van der Waals surface area contributed by atoms with Crippen LogP contribution in [0, 0.1) is 13.8 Å². The molecular formula is C27H24N2O2. The van der Waals surface area contributed by atoms with Crippen molar-refractivity contribution >= 4 is 17.8 Å². The van der Waals surface area contributed by atoms with Crippen molar-refractivity contribution in [3.63, 3.8) is 0 Å². The standard InChI is InChI=1S/C27H24N2O2/c1-20-8-12-23(13-9-20)25(31-27(30)24-14-10-21(2)11-15-24)18-26-28-16-17-29(26)19-22-6-4-3-5-7-22/h3-18H,19H2,1-2H3/b25-18-. The van der Waals surface area contributed by atoms with E-state index in [0.717, 1.165) is 22.5 Å². The van der Waals surface area contributed by atoms with Crippen LogP contribution in [0.2, 0.25) is 0 Å². The predicted octanol–water partition coefficient (Wildman–Crippen LogP) is 5.90. The lowest BCUT2D eigenvalue weighted by molar-refractivity contribution is 0.0693. The van der Waals surface area contributed by atoms with Gasteiger partial charge in [0, 0.05) is 30.6 Å². The second kappa shape index (κ2) is 9.26. The molecule has 0 aliphatic rings. The van der Waals surface area contributed by atoms with Gasteiger partial charge in [0.25, 0.3) is 0 Å². The first-order valence-electron chi connectivity index (χ1n) is 10.2. The van der Waals surface area contributed by atoms with Crippen molar-refractivity contribution in [2.45, 2.75) is 20.4 Å². The summed E-state index contributed by atoms with van der Waals surface area (Å²) in [5.41, 5.74) is 4.73. The van der Waals surface area contributed by atoms with Gasteiger partial charge < -0.3 is 9.30 Å². The number of nitrogens with zero attached hydrogens (tertiary/aromatic N) is 2. The molecule has 1 aromatic heterocycles. The van der Waals surface area contributed by atoms with Crippen molar-refractivity contribution in [3.8, 4) is 0 Å². The van der Waals surface area contributed by atoms with Crippen LogP contribution in [0.3, 0.4) is 0 Å². The topological polar surface area (TPSA) is 44.1 Å². The van der Waals surface area contributed by atoms with Crippen molar-refractivity contribution in [1.82, 2.24) is 9.55 Å². The summed E-state index contributed by atoms with van der Waals surface area (Å²) < 4.78 is 7.88. The van der Waals surface area contributed by atoms with Gasteiger partial charge in [-0.15, -0.1) is 0 Å². The SMILES string of the molecule is Cc1ccc(C(=O)O/C(=C\c2nccn2Cc2ccccc2)c2ccc(C)cc2)cc1. The van der Waals surface area contributed by atoms with E-state index in [1.54, 1.807) is 18.3 Å². The van der Waals surface area contributed by atoms with E-state index >= 15 is 0 Å². The molecule has 0 fully saturated rings. The minimum absolute atomic E-state index is 0.395. The second-order valence-electron chi connectivity index (χ2n) is 7.53. The quantitative estimate of drug-likeness (QED) is 0.295. The third kappa shape index (κ3) is 5.17. The molecule has 0 spiro atoms. The normalized spacial score (nSPS) is 11.4. The van der Waals surface area contributed by atoms with Crippen molar-refractivity contribution < 1.29 is 9.53 Å². The number of hydrogen-bond donors (Lipinski definition) is 0. The smallest absolute Gasteiger partial charge is 0.343 e. The number of carbonyl (C=O) groups excluding carboxylic acids is 1. The molecule has 31 heavy (non-hydrogen) atoms. The highest BCUT2D eigenvalue weighted by molar-refractivity contribution is 5.95. The summed E-state index contributed by atoms with van der Waals surface area (Å²) in [6.07, 6.45) is 5.50. The number of aromatic nitrogens is 2. The molecule has 4 aromatic rings. The third-order valence-electron chi connectivity index (χ3n) is 5.03. The molecule has 0 aliphatic carbocycles. The van der Waals surface area contributed by atoms with Crippen molar-refractivity contribution in [2.24, 2.45) is 0 Å².